The van der Waals surface area contributed by atoms with E-state index in [0.29, 0.717) is 24.5 Å². The number of unbranched alkanes of at least 4 members (excludes halogenated alkanes) is 3. The maximum atomic E-state index is 12.2. The standard InChI is InChI=1S/C14H26N2O2.ClH/c15-9-4-2-1-3-8-14(17)16-10-11-18-13-7-5-6-12(13)16;/h12-13H,1-11,15H2;1H. The molecule has 1 saturated heterocycles. The molecule has 0 bridgehead atoms. The molecule has 2 unspecified atom stereocenters. The summed E-state index contributed by atoms with van der Waals surface area (Å²) in [7, 11) is 0. The molecule has 0 spiro atoms. The quantitative estimate of drug-likeness (QED) is 0.762. The van der Waals surface area contributed by atoms with Crippen LogP contribution in [0.1, 0.15) is 51.4 Å². The third kappa shape index (κ3) is 4.62. The molecule has 1 aliphatic carbocycles. The molecule has 1 heterocycles. The van der Waals surface area contributed by atoms with Crippen LogP contribution in [0, 0.1) is 0 Å². The summed E-state index contributed by atoms with van der Waals surface area (Å²) in [5, 5.41) is 0. The van der Waals surface area contributed by atoms with E-state index in [4.69, 9.17) is 10.5 Å². The van der Waals surface area contributed by atoms with Crippen molar-refractivity contribution in [2.45, 2.75) is 63.5 Å². The lowest BCUT2D eigenvalue weighted by molar-refractivity contribution is -0.144. The molecule has 19 heavy (non-hydrogen) atoms. The highest BCUT2D eigenvalue weighted by Crippen LogP contribution is 2.30. The van der Waals surface area contributed by atoms with Gasteiger partial charge < -0.3 is 15.4 Å². The van der Waals surface area contributed by atoms with Gasteiger partial charge in [-0.1, -0.05) is 12.8 Å². The van der Waals surface area contributed by atoms with Crippen LogP contribution in [-0.2, 0) is 9.53 Å². The monoisotopic (exact) mass is 290 g/mol. The fourth-order valence-corrected chi connectivity index (χ4v) is 3.15. The fourth-order valence-electron chi connectivity index (χ4n) is 3.15. The summed E-state index contributed by atoms with van der Waals surface area (Å²) in [5.41, 5.74) is 5.46. The highest BCUT2D eigenvalue weighted by Gasteiger charge is 2.37. The zero-order valence-electron chi connectivity index (χ0n) is 11.7. The van der Waals surface area contributed by atoms with Gasteiger partial charge in [0.2, 0.25) is 5.91 Å². The van der Waals surface area contributed by atoms with Gasteiger partial charge in [-0.05, 0) is 38.6 Å². The summed E-state index contributed by atoms with van der Waals surface area (Å²) in [6, 6.07) is 0.371. The molecule has 1 saturated carbocycles. The summed E-state index contributed by atoms with van der Waals surface area (Å²) in [4.78, 5) is 14.3. The van der Waals surface area contributed by atoms with Crippen LogP contribution in [0.4, 0.5) is 0 Å². The number of morpholine rings is 1. The topological polar surface area (TPSA) is 55.6 Å². The van der Waals surface area contributed by atoms with E-state index in [1.807, 2.05) is 0 Å². The third-order valence-corrected chi connectivity index (χ3v) is 4.15. The molecular formula is C14H27ClN2O2. The van der Waals surface area contributed by atoms with Crippen LogP contribution in [-0.4, -0.2) is 42.6 Å². The van der Waals surface area contributed by atoms with Crippen molar-refractivity contribution in [2.24, 2.45) is 5.73 Å². The van der Waals surface area contributed by atoms with Crippen molar-refractivity contribution in [2.75, 3.05) is 19.7 Å². The Kier molecular flexibility index (Phi) is 7.73. The molecule has 5 heteroatoms. The highest BCUT2D eigenvalue weighted by atomic mass is 35.5. The highest BCUT2D eigenvalue weighted by molar-refractivity contribution is 5.85. The number of carbonyl (C=O) groups is 1. The second-order valence-electron chi connectivity index (χ2n) is 5.45. The Hall–Kier alpha value is -0.320. The van der Waals surface area contributed by atoms with Crippen LogP contribution >= 0.6 is 12.4 Å². The Morgan fingerprint density at radius 2 is 2.00 bits per heavy atom. The Bertz CT molecular complexity index is 276. The second kappa shape index (κ2) is 8.77. The lowest BCUT2D eigenvalue weighted by Crippen LogP contribution is -2.51. The van der Waals surface area contributed by atoms with Gasteiger partial charge in [-0.2, -0.15) is 0 Å². The second-order valence-corrected chi connectivity index (χ2v) is 5.45. The van der Waals surface area contributed by atoms with Crippen molar-refractivity contribution >= 4 is 18.3 Å². The van der Waals surface area contributed by atoms with Crippen LogP contribution in [0.2, 0.25) is 0 Å². The van der Waals surface area contributed by atoms with Gasteiger partial charge in [0.15, 0.2) is 0 Å². The number of amides is 1. The van der Waals surface area contributed by atoms with Gasteiger partial charge in [-0.3, -0.25) is 4.79 Å². The molecule has 4 nitrogen and oxygen atoms in total. The SMILES string of the molecule is Cl.NCCCCCCC(=O)N1CCOC2CCCC21. The number of fused-ring (bicyclic) bond motifs is 1. The molecule has 1 amide bonds. The van der Waals surface area contributed by atoms with Crippen LogP contribution < -0.4 is 5.73 Å². The number of halogens is 1. The molecule has 112 valence electrons. The number of ether oxygens (including phenoxy) is 1. The minimum Gasteiger partial charge on any atom is -0.374 e. The lowest BCUT2D eigenvalue weighted by Gasteiger charge is -2.37. The zero-order valence-corrected chi connectivity index (χ0v) is 12.5. The molecule has 0 aromatic carbocycles. The van der Waals surface area contributed by atoms with E-state index in [-0.39, 0.29) is 12.4 Å². The molecule has 2 atom stereocenters. The van der Waals surface area contributed by atoms with Crippen molar-refractivity contribution in [3.8, 4) is 0 Å². The van der Waals surface area contributed by atoms with E-state index in [2.05, 4.69) is 4.90 Å². The number of nitrogens with two attached hydrogens (primary N) is 1. The van der Waals surface area contributed by atoms with Gasteiger partial charge in [0.1, 0.15) is 0 Å². The van der Waals surface area contributed by atoms with Crippen LogP contribution in [0.15, 0.2) is 0 Å². The van der Waals surface area contributed by atoms with Crippen LogP contribution in [0.3, 0.4) is 0 Å². The van der Waals surface area contributed by atoms with E-state index in [1.54, 1.807) is 0 Å². The first-order valence-corrected chi connectivity index (χ1v) is 7.44. The smallest absolute Gasteiger partial charge is 0.222 e. The summed E-state index contributed by atoms with van der Waals surface area (Å²) in [5.74, 6) is 0.336. The normalized spacial score (nSPS) is 25.8. The number of carbonyl (C=O) groups excluding carboxylic acids is 1. The van der Waals surface area contributed by atoms with E-state index >= 15 is 0 Å². The Morgan fingerprint density at radius 3 is 2.79 bits per heavy atom. The number of rotatable bonds is 6. The molecule has 2 aliphatic rings. The van der Waals surface area contributed by atoms with Crippen molar-refractivity contribution in [3.05, 3.63) is 0 Å². The lowest BCUT2D eigenvalue weighted by atomic mass is 10.1. The first-order chi connectivity index (χ1) is 8.83. The Labute approximate surface area is 122 Å². The number of hydrogen-bond acceptors (Lipinski definition) is 3. The molecule has 0 radical (unpaired) electrons. The Morgan fingerprint density at radius 1 is 1.21 bits per heavy atom. The first-order valence-electron chi connectivity index (χ1n) is 7.44. The van der Waals surface area contributed by atoms with Gasteiger partial charge in [-0.15, -0.1) is 12.4 Å². The largest absolute Gasteiger partial charge is 0.374 e. The van der Waals surface area contributed by atoms with E-state index in [1.165, 1.54) is 6.42 Å². The zero-order chi connectivity index (χ0) is 12.8. The van der Waals surface area contributed by atoms with Gasteiger partial charge in [0.05, 0.1) is 18.8 Å². The summed E-state index contributed by atoms with van der Waals surface area (Å²) >= 11 is 0. The maximum absolute atomic E-state index is 12.2. The molecule has 2 N–H and O–H groups in total. The average molecular weight is 291 g/mol. The molecule has 2 fully saturated rings. The minimum absolute atomic E-state index is 0. The van der Waals surface area contributed by atoms with E-state index in [0.717, 1.165) is 58.2 Å². The summed E-state index contributed by atoms with van der Waals surface area (Å²) in [6.45, 7) is 2.28. The predicted molar refractivity (Wildman–Crippen MR) is 78.5 cm³/mol. The van der Waals surface area contributed by atoms with Crippen molar-refractivity contribution < 1.29 is 9.53 Å². The van der Waals surface area contributed by atoms with Gasteiger partial charge in [0, 0.05) is 13.0 Å². The minimum atomic E-state index is 0. The molecule has 1 aliphatic heterocycles. The Balaban J connectivity index is 0.00000180. The van der Waals surface area contributed by atoms with Crippen molar-refractivity contribution in [1.29, 1.82) is 0 Å². The molecule has 0 aromatic heterocycles. The molecule has 2 rings (SSSR count). The first kappa shape index (κ1) is 16.7. The van der Waals surface area contributed by atoms with Gasteiger partial charge >= 0.3 is 0 Å². The maximum Gasteiger partial charge on any atom is 0.222 e. The van der Waals surface area contributed by atoms with E-state index in [9.17, 15) is 4.79 Å². The molecular weight excluding hydrogens is 264 g/mol. The third-order valence-electron chi connectivity index (χ3n) is 4.15. The summed E-state index contributed by atoms with van der Waals surface area (Å²) < 4.78 is 5.73. The van der Waals surface area contributed by atoms with Crippen molar-refractivity contribution in [1.82, 2.24) is 4.90 Å². The van der Waals surface area contributed by atoms with Gasteiger partial charge in [-0.25, -0.2) is 0 Å². The average Bonchev–Trinajstić information content (AvgIpc) is 2.86. The van der Waals surface area contributed by atoms with Crippen LogP contribution in [0.25, 0.3) is 0 Å². The van der Waals surface area contributed by atoms with Crippen LogP contribution in [0.5, 0.6) is 0 Å². The number of hydrogen-bond donors (Lipinski definition) is 1. The van der Waals surface area contributed by atoms with Gasteiger partial charge in [0.25, 0.3) is 0 Å². The van der Waals surface area contributed by atoms with Crippen molar-refractivity contribution in [3.63, 3.8) is 0 Å². The molecule has 0 aromatic rings. The van der Waals surface area contributed by atoms with E-state index < -0.39 is 0 Å². The summed E-state index contributed by atoms with van der Waals surface area (Å²) in [6.07, 6.45) is 8.85. The predicted octanol–water partition coefficient (Wildman–Crippen LogP) is 2.10. The fraction of sp³-hybridized carbons (Fsp3) is 0.929. The number of nitrogens with zero attached hydrogens (tertiary/aromatic N) is 1.